The fourth-order valence-corrected chi connectivity index (χ4v) is 2.18. The lowest BCUT2D eigenvalue weighted by Gasteiger charge is -2.07. The maximum atomic E-state index is 11.9. The van der Waals surface area contributed by atoms with Gasteiger partial charge in [-0.3, -0.25) is 19.4 Å². The Kier molecular flexibility index (Phi) is 7.18. The van der Waals surface area contributed by atoms with Crippen LogP contribution in [-0.4, -0.2) is 33.6 Å². The molecule has 1 aromatic heterocycles. The number of pyridine rings is 1. The van der Waals surface area contributed by atoms with E-state index in [1.807, 2.05) is 0 Å². The maximum absolute atomic E-state index is 11.9. The van der Waals surface area contributed by atoms with E-state index in [-0.39, 0.29) is 24.7 Å². The molecule has 0 spiro atoms. The van der Waals surface area contributed by atoms with Crippen molar-refractivity contribution >= 4 is 29.2 Å². The van der Waals surface area contributed by atoms with Crippen LogP contribution >= 0.6 is 0 Å². The lowest BCUT2D eigenvalue weighted by Crippen LogP contribution is -2.19. The van der Waals surface area contributed by atoms with Crippen LogP contribution in [0.15, 0.2) is 53.9 Å². The highest BCUT2D eigenvalue weighted by Crippen LogP contribution is 2.11. The molecule has 3 N–H and O–H groups in total. The molecule has 2 rings (SSSR count). The smallest absolute Gasteiger partial charge is 0.303 e. The number of nitrogens with one attached hydrogen (secondary N) is 2. The van der Waals surface area contributed by atoms with Crippen LogP contribution in [0.2, 0.25) is 0 Å². The molecule has 0 atom stereocenters. The van der Waals surface area contributed by atoms with E-state index in [1.165, 1.54) is 6.20 Å². The molecular weight excluding hydrogens is 348 g/mol. The first-order valence-corrected chi connectivity index (χ1v) is 8.32. The molecule has 1 aromatic carbocycles. The summed E-state index contributed by atoms with van der Waals surface area (Å²) in [6.07, 6.45) is 3.44. The third kappa shape index (κ3) is 6.69. The predicted molar refractivity (Wildman–Crippen MR) is 100 cm³/mol. The Morgan fingerprint density at radius 3 is 2.44 bits per heavy atom. The Balaban J connectivity index is 1.89. The Morgan fingerprint density at radius 1 is 1.07 bits per heavy atom. The van der Waals surface area contributed by atoms with E-state index in [0.717, 1.165) is 5.56 Å². The van der Waals surface area contributed by atoms with Gasteiger partial charge in [0.1, 0.15) is 0 Å². The second-order valence-electron chi connectivity index (χ2n) is 5.75. The molecule has 8 heteroatoms. The molecule has 0 saturated heterocycles. The SMILES string of the molecule is CC(=NNC(=O)c1cccnc1)c1ccc(NC(=O)CCCC(=O)O)cc1. The summed E-state index contributed by atoms with van der Waals surface area (Å²) in [5.74, 6) is -1.51. The number of rotatable bonds is 8. The zero-order valence-electron chi connectivity index (χ0n) is 14.8. The van der Waals surface area contributed by atoms with Gasteiger partial charge < -0.3 is 10.4 Å². The van der Waals surface area contributed by atoms with Crippen LogP contribution < -0.4 is 10.7 Å². The van der Waals surface area contributed by atoms with Crippen molar-refractivity contribution in [1.29, 1.82) is 0 Å². The summed E-state index contributed by atoms with van der Waals surface area (Å²) in [4.78, 5) is 38.0. The van der Waals surface area contributed by atoms with Crippen molar-refractivity contribution in [3.63, 3.8) is 0 Å². The third-order valence-electron chi connectivity index (χ3n) is 3.63. The topological polar surface area (TPSA) is 121 Å². The highest BCUT2D eigenvalue weighted by atomic mass is 16.4. The van der Waals surface area contributed by atoms with Crippen LogP contribution in [0, 0.1) is 0 Å². The number of benzene rings is 1. The normalized spacial score (nSPS) is 10.9. The van der Waals surface area contributed by atoms with E-state index in [9.17, 15) is 14.4 Å². The highest BCUT2D eigenvalue weighted by Gasteiger charge is 2.06. The Morgan fingerprint density at radius 2 is 1.81 bits per heavy atom. The molecule has 0 aliphatic rings. The molecule has 27 heavy (non-hydrogen) atoms. The van der Waals surface area contributed by atoms with Gasteiger partial charge in [0, 0.05) is 30.9 Å². The van der Waals surface area contributed by atoms with Gasteiger partial charge in [0.15, 0.2) is 0 Å². The van der Waals surface area contributed by atoms with Gasteiger partial charge in [0.2, 0.25) is 5.91 Å². The first-order valence-electron chi connectivity index (χ1n) is 8.32. The molecule has 140 valence electrons. The summed E-state index contributed by atoms with van der Waals surface area (Å²) in [5, 5.41) is 15.3. The monoisotopic (exact) mass is 368 g/mol. The van der Waals surface area contributed by atoms with Crippen LogP contribution in [0.5, 0.6) is 0 Å². The van der Waals surface area contributed by atoms with Gasteiger partial charge in [-0.15, -0.1) is 0 Å². The average molecular weight is 368 g/mol. The third-order valence-corrected chi connectivity index (χ3v) is 3.63. The Labute approximate surface area is 156 Å². The van der Waals surface area contributed by atoms with E-state index in [0.29, 0.717) is 23.4 Å². The number of hydrazone groups is 1. The largest absolute Gasteiger partial charge is 0.481 e. The molecule has 8 nitrogen and oxygen atoms in total. The number of aliphatic carboxylic acids is 1. The van der Waals surface area contributed by atoms with Gasteiger partial charge in [-0.2, -0.15) is 5.10 Å². The van der Waals surface area contributed by atoms with E-state index < -0.39 is 5.97 Å². The minimum Gasteiger partial charge on any atom is -0.481 e. The molecule has 0 bridgehead atoms. The number of hydrogen-bond acceptors (Lipinski definition) is 5. The van der Waals surface area contributed by atoms with Gasteiger partial charge in [0.25, 0.3) is 5.91 Å². The van der Waals surface area contributed by atoms with Gasteiger partial charge in [-0.05, 0) is 43.2 Å². The van der Waals surface area contributed by atoms with Crippen molar-refractivity contribution in [2.24, 2.45) is 5.10 Å². The van der Waals surface area contributed by atoms with Crippen molar-refractivity contribution in [2.75, 3.05) is 5.32 Å². The quantitative estimate of drug-likeness (QED) is 0.488. The summed E-state index contributed by atoms with van der Waals surface area (Å²) in [6.45, 7) is 1.75. The number of hydrogen-bond donors (Lipinski definition) is 3. The van der Waals surface area contributed by atoms with E-state index >= 15 is 0 Å². The lowest BCUT2D eigenvalue weighted by molar-refractivity contribution is -0.137. The predicted octanol–water partition coefficient (Wildman–Crippen LogP) is 2.43. The number of aromatic nitrogens is 1. The van der Waals surface area contributed by atoms with E-state index in [1.54, 1.807) is 49.5 Å². The summed E-state index contributed by atoms with van der Waals surface area (Å²) in [5.41, 5.74) is 4.87. The fraction of sp³-hybridized carbons (Fsp3) is 0.211. The summed E-state index contributed by atoms with van der Waals surface area (Å²) < 4.78 is 0. The molecule has 0 saturated carbocycles. The molecule has 0 radical (unpaired) electrons. The lowest BCUT2D eigenvalue weighted by atomic mass is 10.1. The number of carbonyl (C=O) groups is 3. The number of anilines is 1. The maximum Gasteiger partial charge on any atom is 0.303 e. The fourth-order valence-electron chi connectivity index (χ4n) is 2.18. The average Bonchev–Trinajstić information content (AvgIpc) is 2.66. The first-order chi connectivity index (χ1) is 13.0. The van der Waals surface area contributed by atoms with Crippen molar-refractivity contribution in [2.45, 2.75) is 26.2 Å². The zero-order valence-corrected chi connectivity index (χ0v) is 14.8. The zero-order chi connectivity index (χ0) is 19.6. The van der Waals surface area contributed by atoms with Gasteiger partial charge in [-0.1, -0.05) is 12.1 Å². The van der Waals surface area contributed by atoms with Crippen LogP contribution in [0.1, 0.15) is 42.1 Å². The number of carbonyl (C=O) groups excluding carboxylic acids is 2. The second-order valence-corrected chi connectivity index (χ2v) is 5.75. The van der Waals surface area contributed by atoms with Crippen molar-refractivity contribution < 1.29 is 19.5 Å². The van der Waals surface area contributed by atoms with Crippen molar-refractivity contribution in [3.8, 4) is 0 Å². The molecule has 0 unspecified atom stereocenters. The minimum absolute atomic E-state index is 0.0349. The Bertz CT molecular complexity index is 833. The van der Waals surface area contributed by atoms with E-state index in [2.05, 4.69) is 20.8 Å². The molecular formula is C19H20N4O4. The van der Waals surface area contributed by atoms with Gasteiger partial charge in [-0.25, -0.2) is 5.43 Å². The van der Waals surface area contributed by atoms with Crippen LogP contribution in [0.4, 0.5) is 5.69 Å². The van der Waals surface area contributed by atoms with E-state index in [4.69, 9.17) is 5.11 Å². The summed E-state index contributed by atoms with van der Waals surface area (Å²) in [6, 6.07) is 10.3. The molecule has 0 aliphatic heterocycles. The summed E-state index contributed by atoms with van der Waals surface area (Å²) in [7, 11) is 0. The Hall–Kier alpha value is -3.55. The van der Waals surface area contributed by atoms with Gasteiger partial charge in [0.05, 0.1) is 11.3 Å². The van der Waals surface area contributed by atoms with Crippen LogP contribution in [-0.2, 0) is 9.59 Å². The number of amides is 2. The highest BCUT2D eigenvalue weighted by molar-refractivity contribution is 6.01. The number of nitrogens with zero attached hydrogens (tertiary/aromatic N) is 2. The van der Waals surface area contributed by atoms with Crippen LogP contribution in [0.25, 0.3) is 0 Å². The second kappa shape index (κ2) is 9.81. The molecule has 1 heterocycles. The minimum atomic E-state index is -0.919. The van der Waals surface area contributed by atoms with Crippen LogP contribution in [0.3, 0.4) is 0 Å². The van der Waals surface area contributed by atoms with Gasteiger partial charge >= 0.3 is 5.97 Å². The standard InChI is InChI=1S/C19H20N4O4/c1-13(22-23-19(27)15-4-3-11-20-12-15)14-7-9-16(10-8-14)21-17(24)5-2-6-18(25)26/h3-4,7-12H,2,5-6H2,1H3,(H,21,24)(H,23,27)(H,25,26). The molecule has 2 aromatic rings. The van der Waals surface area contributed by atoms with Crippen molar-refractivity contribution in [3.05, 3.63) is 59.9 Å². The van der Waals surface area contributed by atoms with Crippen molar-refractivity contribution in [1.82, 2.24) is 10.4 Å². The molecule has 0 aliphatic carbocycles. The summed E-state index contributed by atoms with van der Waals surface area (Å²) >= 11 is 0. The number of carboxylic acids is 1. The number of carboxylic acid groups (broad SMARTS) is 1. The molecule has 2 amide bonds. The molecule has 0 fully saturated rings. The first kappa shape index (κ1) is 19.8.